The van der Waals surface area contributed by atoms with Gasteiger partial charge in [0.2, 0.25) is 11.8 Å². The zero-order chi connectivity index (χ0) is 25.6. The Balaban J connectivity index is 1.83. The Labute approximate surface area is 159 Å². The van der Waals surface area contributed by atoms with E-state index >= 15 is 8.78 Å². The number of piperidine rings is 1. The molecule has 0 spiro atoms. The predicted octanol–water partition coefficient (Wildman–Crippen LogP) is 0.135. The average Bonchev–Trinajstić information content (AvgIpc) is 3.00. The minimum Gasteiger partial charge on any atom is -0.367 e. The molecule has 4 rings (SSSR count). The highest BCUT2D eigenvalue weighted by molar-refractivity contribution is 6.05. The van der Waals surface area contributed by atoms with E-state index in [4.69, 9.17) is 11.0 Å². The maximum absolute atomic E-state index is 15.2. The molecular weight excluding hydrogens is 346 g/mol. The maximum atomic E-state index is 15.2. The minimum absolute atomic E-state index is 0.0648. The minimum atomic E-state index is -3.42. The smallest absolute Gasteiger partial charge is 0.258 e. The second-order valence-electron chi connectivity index (χ2n) is 5.89. The summed E-state index contributed by atoms with van der Waals surface area (Å²) in [5, 5.41) is 3.63. The second-order valence-corrected chi connectivity index (χ2v) is 5.89. The lowest BCUT2D eigenvalue weighted by Gasteiger charge is -2.30. The molecule has 1 aromatic carbocycles. The molecule has 3 amide bonds. The van der Waals surface area contributed by atoms with Crippen molar-refractivity contribution in [1.29, 1.82) is 0 Å². The van der Waals surface area contributed by atoms with Crippen molar-refractivity contribution in [2.75, 3.05) is 30.9 Å². The van der Waals surface area contributed by atoms with E-state index in [9.17, 15) is 14.4 Å². The number of imide groups is 1. The highest BCUT2D eigenvalue weighted by Gasteiger charge is 2.42. The number of halogens is 2. The molecule has 0 aliphatic carbocycles. The molecule has 1 atom stereocenters. The van der Waals surface area contributed by atoms with Gasteiger partial charge >= 0.3 is 0 Å². The number of fused-ring (bicyclic) bond motifs is 1. The van der Waals surface area contributed by atoms with Crippen molar-refractivity contribution >= 4 is 23.4 Å². The number of carbonyl (C=O) groups excluding carboxylic acids is 3. The Morgan fingerprint density at radius 1 is 1.15 bits per heavy atom. The number of piperazine rings is 1. The van der Waals surface area contributed by atoms with Crippen molar-refractivity contribution in [1.82, 2.24) is 15.5 Å². The monoisotopic (exact) mass is 372 g/mol. The Morgan fingerprint density at radius 2 is 1.88 bits per heavy atom. The quantitative estimate of drug-likeness (QED) is 0.722. The Hall–Kier alpha value is -2.55. The SMILES string of the molecule is [2H]C1([2H])NC([2H])([2H])C([2H])([2H])N(c2cc3c(c(F)c2F)C(=O)N(C2CCC(=O)NC2=O)C3)C1([2H])[2H]. The summed E-state index contributed by atoms with van der Waals surface area (Å²) in [7, 11) is 0. The number of hydrogen-bond donors (Lipinski definition) is 2. The van der Waals surface area contributed by atoms with Crippen LogP contribution in [-0.2, 0) is 16.1 Å². The van der Waals surface area contributed by atoms with E-state index in [2.05, 4.69) is 0 Å². The third-order valence-electron chi connectivity index (χ3n) is 4.37. The van der Waals surface area contributed by atoms with Gasteiger partial charge in [-0.05, 0) is 18.1 Å². The fourth-order valence-corrected chi connectivity index (χ4v) is 3.16. The molecule has 3 aliphatic rings. The molecule has 0 bridgehead atoms. The summed E-state index contributed by atoms with van der Waals surface area (Å²) in [6.45, 7) is -13.8. The Bertz CT molecular complexity index is 1110. The highest BCUT2D eigenvalue weighted by Crippen LogP contribution is 2.35. The lowest BCUT2D eigenvalue weighted by Crippen LogP contribution is -2.52. The first-order valence-electron chi connectivity index (χ1n) is 11.7. The molecular formula is C17H18F2N4O3. The van der Waals surface area contributed by atoms with Crippen molar-refractivity contribution < 1.29 is 34.1 Å². The van der Waals surface area contributed by atoms with Crippen LogP contribution < -0.4 is 15.5 Å². The summed E-state index contributed by atoms with van der Waals surface area (Å²) >= 11 is 0. The number of amides is 3. The molecule has 3 aliphatic heterocycles. The molecule has 2 saturated heterocycles. The molecule has 2 N–H and O–H groups in total. The average molecular weight is 372 g/mol. The van der Waals surface area contributed by atoms with Gasteiger partial charge in [-0.15, -0.1) is 0 Å². The summed E-state index contributed by atoms with van der Waals surface area (Å²) in [6, 6.07) is -0.422. The molecule has 1 unspecified atom stereocenters. The van der Waals surface area contributed by atoms with E-state index in [1.807, 2.05) is 5.32 Å². The molecule has 1 aromatic rings. The summed E-state index contributed by atoms with van der Waals surface area (Å²) in [5.41, 5.74) is -2.15. The molecule has 0 saturated carbocycles. The van der Waals surface area contributed by atoms with Gasteiger partial charge in [-0.3, -0.25) is 19.7 Å². The first kappa shape index (κ1) is 9.96. The molecule has 0 radical (unpaired) electrons. The van der Waals surface area contributed by atoms with Gasteiger partial charge in [0, 0.05) is 44.4 Å². The summed E-state index contributed by atoms with van der Waals surface area (Å²) < 4.78 is 94.1. The Morgan fingerprint density at radius 3 is 2.58 bits per heavy atom. The normalized spacial score (nSPS) is 35.6. The molecule has 0 aromatic heterocycles. The maximum Gasteiger partial charge on any atom is 0.258 e. The van der Waals surface area contributed by atoms with Crippen LogP contribution in [0.3, 0.4) is 0 Å². The van der Waals surface area contributed by atoms with Crippen molar-refractivity contribution in [2.24, 2.45) is 0 Å². The molecule has 7 nitrogen and oxygen atoms in total. The first-order chi connectivity index (χ1) is 15.4. The second kappa shape index (κ2) is 6.31. The summed E-state index contributed by atoms with van der Waals surface area (Å²) in [6.07, 6.45) is -0.158. The number of nitrogens with zero attached hydrogens (tertiary/aromatic N) is 2. The number of benzene rings is 1. The fourth-order valence-electron chi connectivity index (χ4n) is 3.16. The topological polar surface area (TPSA) is 81.8 Å². The van der Waals surface area contributed by atoms with Gasteiger partial charge in [0.25, 0.3) is 5.91 Å². The van der Waals surface area contributed by atoms with Crippen LogP contribution in [0.5, 0.6) is 0 Å². The van der Waals surface area contributed by atoms with Gasteiger partial charge in [-0.25, -0.2) is 8.78 Å². The lowest BCUT2D eigenvalue weighted by atomic mass is 10.0. The van der Waals surface area contributed by atoms with Gasteiger partial charge in [0.05, 0.1) is 16.7 Å². The van der Waals surface area contributed by atoms with Gasteiger partial charge in [-0.2, -0.15) is 0 Å². The van der Waals surface area contributed by atoms with E-state index in [1.54, 1.807) is 5.32 Å². The highest BCUT2D eigenvalue weighted by atomic mass is 19.2. The van der Waals surface area contributed by atoms with Crippen LogP contribution in [0.25, 0.3) is 0 Å². The fraction of sp³-hybridized carbons (Fsp3) is 0.471. The molecule has 3 heterocycles. The van der Waals surface area contributed by atoms with Crippen LogP contribution in [0.15, 0.2) is 6.07 Å². The van der Waals surface area contributed by atoms with Crippen LogP contribution in [0.2, 0.25) is 0 Å². The van der Waals surface area contributed by atoms with E-state index in [0.29, 0.717) is 0 Å². The third kappa shape index (κ3) is 2.63. The van der Waals surface area contributed by atoms with E-state index < -0.39 is 79.2 Å². The van der Waals surface area contributed by atoms with Crippen LogP contribution in [0.4, 0.5) is 14.5 Å². The molecule has 9 heteroatoms. The predicted molar refractivity (Wildman–Crippen MR) is 87.5 cm³/mol. The number of anilines is 1. The van der Waals surface area contributed by atoms with Crippen LogP contribution in [-0.4, -0.2) is 54.7 Å². The zero-order valence-electron chi connectivity index (χ0n) is 21.2. The van der Waals surface area contributed by atoms with Crippen molar-refractivity contribution in [3.63, 3.8) is 0 Å². The van der Waals surface area contributed by atoms with Crippen molar-refractivity contribution in [3.8, 4) is 0 Å². The van der Waals surface area contributed by atoms with Crippen LogP contribution in [0, 0.1) is 11.6 Å². The van der Waals surface area contributed by atoms with E-state index in [0.717, 1.165) is 11.0 Å². The van der Waals surface area contributed by atoms with Crippen molar-refractivity contribution in [2.45, 2.75) is 25.4 Å². The molecule has 2 fully saturated rings. The van der Waals surface area contributed by atoms with Gasteiger partial charge in [0.15, 0.2) is 11.6 Å². The lowest BCUT2D eigenvalue weighted by molar-refractivity contribution is -0.136. The van der Waals surface area contributed by atoms with Crippen LogP contribution >= 0.6 is 0 Å². The number of hydrogen-bond acceptors (Lipinski definition) is 5. The third-order valence-corrected chi connectivity index (χ3v) is 4.37. The van der Waals surface area contributed by atoms with Gasteiger partial charge in [-0.1, -0.05) is 0 Å². The standard InChI is InChI=1S/C17H18F2N4O3/c18-14-11(22-5-3-20-4-6-22)7-9-8-23(17(26)13(9)15(14)19)10-1-2-12(24)21-16(10)25/h7,10,20H,1-6,8H2,(H,21,24,25)/i3D2,4D2,5D2,6D2. The Kier molecular flexibility index (Phi) is 2.42. The van der Waals surface area contributed by atoms with Crippen molar-refractivity contribution in [3.05, 3.63) is 28.8 Å². The number of nitrogens with one attached hydrogen (secondary N) is 2. The van der Waals surface area contributed by atoms with Crippen LogP contribution in [0.1, 0.15) is 39.7 Å². The first-order valence-corrected chi connectivity index (χ1v) is 7.69. The van der Waals surface area contributed by atoms with Gasteiger partial charge < -0.3 is 15.1 Å². The van der Waals surface area contributed by atoms with E-state index in [-0.39, 0.29) is 23.3 Å². The van der Waals surface area contributed by atoms with Gasteiger partial charge in [0.1, 0.15) is 6.04 Å². The van der Waals surface area contributed by atoms with E-state index in [1.165, 1.54) is 0 Å². The summed E-state index contributed by atoms with van der Waals surface area (Å²) in [5.74, 6) is -6.10. The molecule has 26 heavy (non-hydrogen) atoms. The number of carbonyl (C=O) groups is 3. The zero-order valence-corrected chi connectivity index (χ0v) is 13.2. The largest absolute Gasteiger partial charge is 0.367 e. The molecule has 138 valence electrons. The number of rotatable bonds is 2. The summed E-state index contributed by atoms with van der Waals surface area (Å²) in [4.78, 5) is 37.1.